The highest BCUT2D eigenvalue weighted by atomic mass is 19.1. The molecule has 0 bridgehead atoms. The van der Waals surface area contributed by atoms with Crippen LogP contribution in [-0.2, 0) is 0 Å². The summed E-state index contributed by atoms with van der Waals surface area (Å²) in [5.41, 5.74) is 6.17. The van der Waals surface area contributed by atoms with Gasteiger partial charge in [0.25, 0.3) is 0 Å². The lowest BCUT2D eigenvalue weighted by atomic mass is 9.92. The van der Waals surface area contributed by atoms with E-state index in [-0.39, 0.29) is 11.6 Å². The lowest BCUT2D eigenvalue weighted by molar-refractivity contribution is 0.277. The van der Waals surface area contributed by atoms with Crippen molar-refractivity contribution >= 4 is 0 Å². The SMILES string of the molecule is Cc1cc(-c2ccc(OCCC(C)C)c(F)c2)c(C)cc1-c1ccc(O)cc1. The molecule has 0 heterocycles. The normalized spacial score (nSPS) is 11.1. The number of hydrogen-bond donors (Lipinski definition) is 1. The van der Waals surface area contributed by atoms with Crippen LogP contribution in [0.15, 0.2) is 54.6 Å². The average Bonchev–Trinajstić information content (AvgIpc) is 2.65. The van der Waals surface area contributed by atoms with Gasteiger partial charge in [0.15, 0.2) is 11.6 Å². The molecular weight excluding hydrogens is 351 g/mol. The van der Waals surface area contributed by atoms with Crippen LogP contribution in [0.25, 0.3) is 22.3 Å². The van der Waals surface area contributed by atoms with E-state index in [0.29, 0.717) is 18.3 Å². The van der Waals surface area contributed by atoms with Crippen molar-refractivity contribution in [2.75, 3.05) is 6.61 Å². The van der Waals surface area contributed by atoms with Gasteiger partial charge in [0.1, 0.15) is 5.75 Å². The van der Waals surface area contributed by atoms with E-state index in [1.165, 1.54) is 0 Å². The molecule has 0 aliphatic heterocycles. The molecule has 3 heteroatoms. The summed E-state index contributed by atoms with van der Waals surface area (Å²) in [4.78, 5) is 0. The molecule has 2 nitrogen and oxygen atoms in total. The monoisotopic (exact) mass is 378 g/mol. The van der Waals surface area contributed by atoms with E-state index in [1.54, 1.807) is 24.3 Å². The largest absolute Gasteiger partial charge is 0.508 e. The molecule has 0 amide bonds. The molecule has 0 aliphatic rings. The maximum atomic E-state index is 14.5. The molecule has 0 aliphatic carbocycles. The predicted octanol–water partition coefficient (Wildman–Crippen LogP) is 6.91. The minimum atomic E-state index is -0.332. The summed E-state index contributed by atoms with van der Waals surface area (Å²) in [7, 11) is 0. The Morgan fingerprint density at radius 3 is 2.00 bits per heavy atom. The van der Waals surface area contributed by atoms with Gasteiger partial charge in [-0.3, -0.25) is 0 Å². The molecule has 0 saturated carbocycles. The van der Waals surface area contributed by atoms with Gasteiger partial charge < -0.3 is 9.84 Å². The van der Waals surface area contributed by atoms with Crippen LogP contribution in [0.4, 0.5) is 4.39 Å². The molecule has 3 aromatic rings. The topological polar surface area (TPSA) is 29.5 Å². The van der Waals surface area contributed by atoms with E-state index in [0.717, 1.165) is 39.8 Å². The van der Waals surface area contributed by atoms with Crippen molar-refractivity contribution in [2.24, 2.45) is 5.92 Å². The van der Waals surface area contributed by atoms with Crippen molar-refractivity contribution in [3.63, 3.8) is 0 Å². The molecule has 28 heavy (non-hydrogen) atoms. The Kier molecular flexibility index (Phi) is 6.03. The number of aromatic hydroxyl groups is 1. The van der Waals surface area contributed by atoms with E-state index in [4.69, 9.17) is 4.74 Å². The van der Waals surface area contributed by atoms with Gasteiger partial charge in [-0.2, -0.15) is 0 Å². The van der Waals surface area contributed by atoms with Gasteiger partial charge in [0.05, 0.1) is 6.61 Å². The zero-order chi connectivity index (χ0) is 20.3. The van der Waals surface area contributed by atoms with Gasteiger partial charge in [0, 0.05) is 0 Å². The number of benzene rings is 3. The first-order chi connectivity index (χ1) is 13.3. The van der Waals surface area contributed by atoms with Gasteiger partial charge in [0.2, 0.25) is 0 Å². The molecule has 0 aromatic heterocycles. The average molecular weight is 378 g/mol. The minimum Gasteiger partial charge on any atom is -0.508 e. The van der Waals surface area contributed by atoms with Crippen LogP contribution >= 0.6 is 0 Å². The van der Waals surface area contributed by atoms with Crippen LogP contribution in [0.2, 0.25) is 0 Å². The first-order valence-electron chi connectivity index (χ1n) is 9.68. The van der Waals surface area contributed by atoms with E-state index in [2.05, 4.69) is 26.0 Å². The zero-order valence-corrected chi connectivity index (χ0v) is 16.9. The fourth-order valence-corrected chi connectivity index (χ4v) is 3.27. The summed E-state index contributed by atoms with van der Waals surface area (Å²) in [6.07, 6.45) is 0.901. The molecule has 0 unspecified atom stereocenters. The number of hydrogen-bond acceptors (Lipinski definition) is 2. The van der Waals surface area contributed by atoms with Gasteiger partial charge in [-0.1, -0.05) is 44.2 Å². The third kappa shape index (κ3) is 4.53. The lowest BCUT2D eigenvalue weighted by Crippen LogP contribution is -2.02. The Hall–Kier alpha value is -2.81. The summed E-state index contributed by atoms with van der Waals surface area (Å²) in [6.45, 7) is 8.84. The molecule has 146 valence electrons. The number of halogens is 1. The molecule has 0 atom stereocenters. The number of ether oxygens (including phenoxy) is 1. The van der Waals surface area contributed by atoms with Gasteiger partial charge in [-0.05, 0) is 83.8 Å². The van der Waals surface area contributed by atoms with Crippen molar-refractivity contribution < 1.29 is 14.2 Å². The molecule has 0 spiro atoms. The Balaban J connectivity index is 1.88. The summed E-state index contributed by atoms with van der Waals surface area (Å²) < 4.78 is 20.1. The summed E-state index contributed by atoms with van der Waals surface area (Å²) in [6, 6.07) is 16.6. The Labute approximate surface area is 166 Å². The highest BCUT2D eigenvalue weighted by molar-refractivity contribution is 5.76. The van der Waals surface area contributed by atoms with Crippen LogP contribution in [0.3, 0.4) is 0 Å². The van der Waals surface area contributed by atoms with Crippen molar-refractivity contribution in [2.45, 2.75) is 34.1 Å². The maximum absolute atomic E-state index is 14.5. The molecule has 1 N–H and O–H groups in total. The summed E-state index contributed by atoms with van der Waals surface area (Å²) in [5, 5.41) is 9.50. The van der Waals surface area contributed by atoms with E-state index in [9.17, 15) is 9.50 Å². The second kappa shape index (κ2) is 8.47. The number of phenols is 1. The second-order valence-electron chi connectivity index (χ2n) is 7.71. The Bertz CT molecular complexity index is 959. The van der Waals surface area contributed by atoms with Crippen LogP contribution < -0.4 is 4.74 Å². The predicted molar refractivity (Wildman–Crippen MR) is 113 cm³/mol. The molecule has 0 saturated heterocycles. The van der Waals surface area contributed by atoms with Crippen molar-refractivity contribution in [3.05, 3.63) is 71.5 Å². The van der Waals surface area contributed by atoms with Crippen molar-refractivity contribution in [1.29, 1.82) is 0 Å². The zero-order valence-electron chi connectivity index (χ0n) is 16.9. The first-order valence-corrected chi connectivity index (χ1v) is 9.68. The molecule has 3 rings (SSSR count). The van der Waals surface area contributed by atoms with Crippen molar-refractivity contribution in [1.82, 2.24) is 0 Å². The van der Waals surface area contributed by atoms with Crippen LogP contribution in [0, 0.1) is 25.6 Å². The third-order valence-electron chi connectivity index (χ3n) is 4.95. The first kappa shape index (κ1) is 19.9. The van der Waals surface area contributed by atoms with Gasteiger partial charge >= 0.3 is 0 Å². The second-order valence-corrected chi connectivity index (χ2v) is 7.71. The van der Waals surface area contributed by atoms with Crippen LogP contribution in [0.1, 0.15) is 31.4 Å². The summed E-state index contributed by atoms with van der Waals surface area (Å²) >= 11 is 0. The van der Waals surface area contributed by atoms with E-state index in [1.807, 2.05) is 32.0 Å². The fourth-order valence-electron chi connectivity index (χ4n) is 3.27. The van der Waals surface area contributed by atoms with E-state index < -0.39 is 0 Å². The molecule has 0 radical (unpaired) electrons. The Morgan fingerprint density at radius 2 is 1.43 bits per heavy atom. The molecule has 3 aromatic carbocycles. The van der Waals surface area contributed by atoms with Crippen LogP contribution in [0.5, 0.6) is 11.5 Å². The third-order valence-corrected chi connectivity index (χ3v) is 4.95. The number of rotatable bonds is 6. The lowest BCUT2D eigenvalue weighted by Gasteiger charge is -2.14. The quantitative estimate of drug-likeness (QED) is 0.505. The molecular formula is C25H27FO2. The smallest absolute Gasteiger partial charge is 0.165 e. The standard InChI is InChI=1S/C25H27FO2/c1-16(2)11-12-28-25-10-7-20(15-24(25)26)23-14-17(3)22(13-18(23)4)19-5-8-21(27)9-6-19/h5-10,13-16,27H,11-12H2,1-4H3. The van der Waals surface area contributed by atoms with Crippen LogP contribution in [-0.4, -0.2) is 11.7 Å². The van der Waals surface area contributed by atoms with E-state index >= 15 is 0 Å². The minimum absolute atomic E-state index is 0.251. The highest BCUT2D eigenvalue weighted by Gasteiger charge is 2.12. The van der Waals surface area contributed by atoms with Gasteiger partial charge in [-0.25, -0.2) is 4.39 Å². The number of phenolic OH excluding ortho intramolecular Hbond substituents is 1. The van der Waals surface area contributed by atoms with Crippen molar-refractivity contribution in [3.8, 4) is 33.8 Å². The fraction of sp³-hybridized carbons (Fsp3) is 0.280. The maximum Gasteiger partial charge on any atom is 0.165 e. The number of aryl methyl sites for hydroxylation is 2. The highest BCUT2D eigenvalue weighted by Crippen LogP contribution is 2.34. The summed E-state index contributed by atoms with van der Waals surface area (Å²) in [5.74, 6) is 0.751. The van der Waals surface area contributed by atoms with Gasteiger partial charge in [-0.15, -0.1) is 0 Å². The molecule has 0 fully saturated rings. The Morgan fingerprint density at radius 1 is 0.857 bits per heavy atom.